The van der Waals surface area contributed by atoms with Gasteiger partial charge in [-0.15, -0.1) is 0 Å². The Kier molecular flexibility index (Phi) is 4.31. The Labute approximate surface area is 103 Å². The maximum atomic E-state index is 5.75. The van der Waals surface area contributed by atoms with Crippen molar-refractivity contribution < 1.29 is 4.74 Å². The van der Waals surface area contributed by atoms with Crippen molar-refractivity contribution >= 4 is 0 Å². The van der Waals surface area contributed by atoms with Gasteiger partial charge in [-0.2, -0.15) is 0 Å². The highest BCUT2D eigenvalue weighted by atomic mass is 16.5. The molecular formula is C13H21N3O. The molecule has 94 valence electrons. The summed E-state index contributed by atoms with van der Waals surface area (Å²) in [6.45, 7) is 7.19. The monoisotopic (exact) mass is 235 g/mol. The molecular weight excluding hydrogens is 214 g/mol. The zero-order valence-electron chi connectivity index (χ0n) is 10.6. The van der Waals surface area contributed by atoms with Crippen molar-refractivity contribution in [1.29, 1.82) is 0 Å². The van der Waals surface area contributed by atoms with Gasteiger partial charge in [0.1, 0.15) is 6.33 Å². The molecule has 1 aliphatic heterocycles. The van der Waals surface area contributed by atoms with Crippen molar-refractivity contribution in [2.24, 2.45) is 5.92 Å². The summed E-state index contributed by atoms with van der Waals surface area (Å²) >= 11 is 0. The topological polar surface area (TPSA) is 47.0 Å². The molecule has 1 aromatic heterocycles. The van der Waals surface area contributed by atoms with Crippen molar-refractivity contribution in [2.75, 3.05) is 19.7 Å². The number of nitrogens with one attached hydrogen (secondary N) is 1. The van der Waals surface area contributed by atoms with E-state index in [0.717, 1.165) is 25.4 Å². The predicted octanol–water partition coefficient (Wildman–Crippen LogP) is 1.98. The number of hydrogen-bond acceptors (Lipinski definition) is 4. The lowest BCUT2D eigenvalue weighted by Gasteiger charge is -2.22. The lowest BCUT2D eigenvalue weighted by molar-refractivity contribution is 0.211. The third kappa shape index (κ3) is 3.66. The van der Waals surface area contributed by atoms with Crippen LogP contribution in [0, 0.1) is 5.92 Å². The van der Waals surface area contributed by atoms with E-state index in [0.29, 0.717) is 17.7 Å². The van der Waals surface area contributed by atoms with E-state index in [1.165, 1.54) is 12.8 Å². The molecule has 1 fully saturated rings. The van der Waals surface area contributed by atoms with Crippen molar-refractivity contribution in [3.8, 4) is 5.88 Å². The molecule has 0 radical (unpaired) electrons. The molecule has 1 aromatic rings. The van der Waals surface area contributed by atoms with Gasteiger partial charge < -0.3 is 10.1 Å². The highest BCUT2D eigenvalue weighted by Gasteiger charge is 2.14. The summed E-state index contributed by atoms with van der Waals surface area (Å²) < 4.78 is 5.75. The Bertz CT molecular complexity index is 348. The molecule has 2 rings (SSSR count). The average Bonchev–Trinajstić information content (AvgIpc) is 2.38. The van der Waals surface area contributed by atoms with Gasteiger partial charge in [0.25, 0.3) is 0 Å². The van der Waals surface area contributed by atoms with Gasteiger partial charge in [-0.3, -0.25) is 0 Å². The first kappa shape index (κ1) is 12.3. The smallest absolute Gasteiger partial charge is 0.216 e. The van der Waals surface area contributed by atoms with Crippen LogP contribution in [0.4, 0.5) is 0 Å². The summed E-state index contributed by atoms with van der Waals surface area (Å²) in [6.07, 6.45) is 4.08. The van der Waals surface area contributed by atoms with E-state index in [4.69, 9.17) is 4.74 Å². The fourth-order valence-electron chi connectivity index (χ4n) is 2.02. The molecule has 1 atom stereocenters. The highest BCUT2D eigenvalue weighted by Crippen LogP contribution is 2.17. The molecule has 4 heteroatoms. The van der Waals surface area contributed by atoms with E-state index in [2.05, 4.69) is 29.1 Å². The van der Waals surface area contributed by atoms with Crippen LogP contribution in [0.2, 0.25) is 0 Å². The molecule has 0 spiro atoms. The van der Waals surface area contributed by atoms with Crippen molar-refractivity contribution in [2.45, 2.75) is 32.6 Å². The number of hydrogen-bond donors (Lipinski definition) is 1. The van der Waals surface area contributed by atoms with Gasteiger partial charge in [0.05, 0.1) is 12.3 Å². The molecule has 1 N–H and O–H groups in total. The Morgan fingerprint density at radius 3 is 3.06 bits per heavy atom. The average molecular weight is 235 g/mol. The fourth-order valence-corrected chi connectivity index (χ4v) is 2.02. The first-order chi connectivity index (χ1) is 8.25. The van der Waals surface area contributed by atoms with E-state index < -0.39 is 0 Å². The van der Waals surface area contributed by atoms with E-state index in [9.17, 15) is 0 Å². The Balaban J connectivity index is 1.87. The third-order valence-corrected chi connectivity index (χ3v) is 3.12. The van der Waals surface area contributed by atoms with Crippen LogP contribution >= 0.6 is 0 Å². The Hall–Kier alpha value is -1.16. The summed E-state index contributed by atoms with van der Waals surface area (Å²) in [7, 11) is 0. The maximum absolute atomic E-state index is 5.75. The molecule has 1 saturated heterocycles. The first-order valence-corrected chi connectivity index (χ1v) is 6.41. The summed E-state index contributed by atoms with van der Waals surface area (Å²) in [5.41, 5.74) is 1.04. The van der Waals surface area contributed by atoms with Gasteiger partial charge in [0, 0.05) is 18.5 Å². The molecule has 4 nitrogen and oxygen atoms in total. The van der Waals surface area contributed by atoms with E-state index >= 15 is 0 Å². The number of aromatic nitrogens is 2. The van der Waals surface area contributed by atoms with Crippen LogP contribution in [-0.4, -0.2) is 29.7 Å². The van der Waals surface area contributed by atoms with Gasteiger partial charge in [0.2, 0.25) is 5.88 Å². The quantitative estimate of drug-likeness (QED) is 0.867. The lowest BCUT2D eigenvalue weighted by Crippen LogP contribution is -2.33. The minimum Gasteiger partial charge on any atom is -0.477 e. The van der Waals surface area contributed by atoms with Gasteiger partial charge in [-0.05, 0) is 25.3 Å². The number of rotatable bonds is 4. The molecule has 0 aliphatic carbocycles. The van der Waals surface area contributed by atoms with Crippen LogP contribution in [0.25, 0.3) is 0 Å². The molecule has 2 heterocycles. The predicted molar refractivity (Wildman–Crippen MR) is 67.2 cm³/mol. The zero-order chi connectivity index (χ0) is 12.1. The molecule has 17 heavy (non-hydrogen) atoms. The van der Waals surface area contributed by atoms with E-state index in [1.54, 1.807) is 6.33 Å². The van der Waals surface area contributed by atoms with Crippen LogP contribution in [-0.2, 0) is 0 Å². The van der Waals surface area contributed by atoms with Crippen molar-refractivity contribution in [1.82, 2.24) is 15.3 Å². The Morgan fingerprint density at radius 2 is 2.35 bits per heavy atom. The van der Waals surface area contributed by atoms with Gasteiger partial charge in [-0.1, -0.05) is 13.8 Å². The van der Waals surface area contributed by atoms with Crippen molar-refractivity contribution in [3.05, 3.63) is 18.1 Å². The van der Waals surface area contributed by atoms with Crippen LogP contribution < -0.4 is 10.1 Å². The summed E-state index contributed by atoms with van der Waals surface area (Å²) in [6, 6.07) is 1.95. The normalized spacial score (nSPS) is 20.5. The maximum Gasteiger partial charge on any atom is 0.216 e. The first-order valence-electron chi connectivity index (χ1n) is 6.41. The molecule has 0 amide bonds. The van der Waals surface area contributed by atoms with Gasteiger partial charge in [-0.25, -0.2) is 9.97 Å². The highest BCUT2D eigenvalue weighted by molar-refractivity contribution is 5.15. The Morgan fingerprint density at radius 1 is 1.47 bits per heavy atom. The largest absolute Gasteiger partial charge is 0.477 e. The van der Waals surface area contributed by atoms with Crippen LogP contribution in [0.1, 0.15) is 38.3 Å². The second-order valence-electron chi connectivity index (χ2n) is 4.96. The summed E-state index contributed by atoms with van der Waals surface area (Å²) in [5, 5.41) is 3.39. The minimum atomic E-state index is 0.414. The number of ether oxygens (including phenoxy) is 1. The van der Waals surface area contributed by atoms with E-state index in [-0.39, 0.29) is 0 Å². The lowest BCUT2D eigenvalue weighted by atomic mass is 10.0. The second kappa shape index (κ2) is 5.96. The fraction of sp³-hybridized carbons (Fsp3) is 0.692. The number of piperidine rings is 1. The molecule has 0 saturated carbocycles. The van der Waals surface area contributed by atoms with Crippen LogP contribution in [0.15, 0.2) is 12.4 Å². The van der Waals surface area contributed by atoms with E-state index in [1.807, 2.05) is 6.07 Å². The van der Waals surface area contributed by atoms with Crippen LogP contribution in [0.3, 0.4) is 0 Å². The van der Waals surface area contributed by atoms with Gasteiger partial charge >= 0.3 is 0 Å². The third-order valence-electron chi connectivity index (χ3n) is 3.12. The van der Waals surface area contributed by atoms with Gasteiger partial charge in [0.15, 0.2) is 0 Å². The molecule has 0 aromatic carbocycles. The van der Waals surface area contributed by atoms with Crippen molar-refractivity contribution in [3.63, 3.8) is 0 Å². The molecule has 0 bridgehead atoms. The zero-order valence-corrected chi connectivity index (χ0v) is 10.6. The SMILES string of the molecule is CC(C)c1cc(OCC2CCCNC2)ncn1. The number of nitrogens with zero attached hydrogens (tertiary/aromatic N) is 2. The molecule has 1 aliphatic rings. The summed E-state index contributed by atoms with van der Waals surface area (Å²) in [4.78, 5) is 8.38. The summed E-state index contributed by atoms with van der Waals surface area (Å²) in [5.74, 6) is 1.73. The second-order valence-corrected chi connectivity index (χ2v) is 4.96. The van der Waals surface area contributed by atoms with Crippen LogP contribution in [0.5, 0.6) is 5.88 Å². The standard InChI is InChI=1S/C13H21N3O/c1-10(2)12-6-13(16-9-15-12)17-8-11-4-3-5-14-7-11/h6,9-11,14H,3-5,7-8H2,1-2H3. The minimum absolute atomic E-state index is 0.414. The molecule has 1 unspecified atom stereocenters.